The second-order valence-electron chi connectivity index (χ2n) is 3.68. The Hall–Kier alpha value is -2.04. The number of aromatic nitrogens is 3. The van der Waals surface area contributed by atoms with Crippen LogP contribution in [0.4, 0.5) is 11.4 Å². The summed E-state index contributed by atoms with van der Waals surface area (Å²) in [4.78, 5) is 0. The van der Waals surface area contributed by atoms with Crippen LogP contribution >= 0.6 is 0 Å². The van der Waals surface area contributed by atoms with E-state index in [4.69, 9.17) is 5.73 Å². The van der Waals surface area contributed by atoms with Gasteiger partial charge in [0, 0.05) is 12.7 Å². The van der Waals surface area contributed by atoms with Gasteiger partial charge in [-0.25, -0.2) is 0 Å². The Kier molecular flexibility index (Phi) is 3.05. The number of hydrogen-bond acceptors (Lipinski definition) is 4. The van der Waals surface area contributed by atoms with Crippen molar-refractivity contribution in [3.63, 3.8) is 0 Å². The lowest BCUT2D eigenvalue weighted by atomic mass is 10.2. The number of nitrogens with one attached hydrogen (secondary N) is 1. The lowest BCUT2D eigenvalue weighted by Gasteiger charge is -2.09. The van der Waals surface area contributed by atoms with Crippen LogP contribution in [0.15, 0.2) is 30.6 Å². The van der Waals surface area contributed by atoms with Crippen LogP contribution in [-0.4, -0.2) is 21.5 Å². The third-order valence-electron chi connectivity index (χ3n) is 2.34. The summed E-state index contributed by atoms with van der Waals surface area (Å²) < 4.78 is 1.78. The second kappa shape index (κ2) is 4.65. The van der Waals surface area contributed by atoms with Gasteiger partial charge in [0.25, 0.3) is 0 Å². The van der Waals surface area contributed by atoms with Crippen LogP contribution in [0.2, 0.25) is 0 Å². The van der Waals surface area contributed by atoms with Gasteiger partial charge in [0.05, 0.1) is 24.1 Å². The van der Waals surface area contributed by atoms with Gasteiger partial charge in [0.2, 0.25) is 0 Å². The minimum atomic E-state index is 0.771. The quantitative estimate of drug-likeness (QED) is 0.757. The molecule has 0 aliphatic heterocycles. The van der Waals surface area contributed by atoms with E-state index in [1.54, 1.807) is 10.9 Å². The highest BCUT2D eigenvalue weighted by Crippen LogP contribution is 2.18. The molecule has 84 valence electrons. The maximum Gasteiger partial charge on any atom is 0.0692 e. The van der Waals surface area contributed by atoms with Crippen LogP contribution < -0.4 is 11.1 Å². The molecule has 3 N–H and O–H groups in total. The summed E-state index contributed by atoms with van der Waals surface area (Å²) in [5.74, 6) is 0. The second-order valence-corrected chi connectivity index (χ2v) is 3.68. The van der Waals surface area contributed by atoms with Crippen molar-refractivity contribution >= 4 is 11.4 Å². The molecule has 0 radical (unpaired) electrons. The summed E-state index contributed by atoms with van der Waals surface area (Å²) in [7, 11) is 0. The van der Waals surface area contributed by atoms with E-state index in [0.717, 1.165) is 24.5 Å². The lowest BCUT2D eigenvalue weighted by molar-refractivity contribution is 0.609. The van der Waals surface area contributed by atoms with Gasteiger partial charge in [-0.05, 0) is 24.6 Å². The number of nitrogens with zero attached hydrogens (tertiary/aromatic N) is 3. The normalized spacial score (nSPS) is 10.3. The van der Waals surface area contributed by atoms with Crippen LogP contribution in [0.3, 0.4) is 0 Å². The van der Waals surface area contributed by atoms with E-state index in [1.165, 1.54) is 5.56 Å². The molecule has 2 rings (SSSR count). The largest absolute Gasteiger partial charge is 0.397 e. The highest BCUT2D eigenvalue weighted by Gasteiger charge is 1.98. The smallest absolute Gasteiger partial charge is 0.0692 e. The van der Waals surface area contributed by atoms with Gasteiger partial charge < -0.3 is 11.1 Å². The highest BCUT2D eigenvalue weighted by molar-refractivity contribution is 5.66. The third kappa shape index (κ3) is 2.50. The van der Waals surface area contributed by atoms with Gasteiger partial charge in [-0.15, -0.1) is 5.10 Å². The van der Waals surface area contributed by atoms with Crippen molar-refractivity contribution in [3.05, 3.63) is 36.2 Å². The van der Waals surface area contributed by atoms with Gasteiger partial charge in [-0.2, -0.15) is 0 Å². The molecule has 0 spiro atoms. The third-order valence-corrected chi connectivity index (χ3v) is 2.34. The first kappa shape index (κ1) is 10.5. The Bertz CT molecular complexity index is 449. The Morgan fingerprint density at radius 3 is 3.00 bits per heavy atom. The van der Waals surface area contributed by atoms with Crippen LogP contribution in [0.1, 0.15) is 5.56 Å². The Morgan fingerprint density at radius 1 is 1.44 bits per heavy atom. The molecule has 1 heterocycles. The fourth-order valence-corrected chi connectivity index (χ4v) is 1.50. The molecule has 0 aliphatic rings. The van der Waals surface area contributed by atoms with Crippen LogP contribution in [0.25, 0.3) is 0 Å². The van der Waals surface area contributed by atoms with Crippen molar-refractivity contribution in [3.8, 4) is 0 Å². The zero-order valence-electron chi connectivity index (χ0n) is 9.22. The predicted octanol–water partition coefficient (Wildman–Crippen LogP) is 1.28. The van der Waals surface area contributed by atoms with Crippen molar-refractivity contribution in [1.82, 2.24) is 15.0 Å². The SMILES string of the molecule is Cc1ccc(NCCn2ccnn2)c(N)c1. The monoisotopic (exact) mass is 217 g/mol. The van der Waals surface area contributed by atoms with E-state index in [1.807, 2.05) is 31.3 Å². The number of nitrogens with two attached hydrogens (primary N) is 1. The fraction of sp³-hybridized carbons (Fsp3) is 0.273. The van der Waals surface area contributed by atoms with Crippen molar-refractivity contribution in [2.45, 2.75) is 13.5 Å². The molecule has 0 atom stereocenters. The Balaban J connectivity index is 1.90. The molecular formula is C11H15N5. The molecule has 0 saturated carbocycles. The number of benzene rings is 1. The van der Waals surface area contributed by atoms with E-state index < -0.39 is 0 Å². The molecule has 1 aromatic carbocycles. The molecule has 16 heavy (non-hydrogen) atoms. The van der Waals surface area contributed by atoms with Crippen molar-refractivity contribution in [1.29, 1.82) is 0 Å². The van der Waals surface area contributed by atoms with Crippen molar-refractivity contribution < 1.29 is 0 Å². The summed E-state index contributed by atoms with van der Waals surface area (Å²) in [6, 6.07) is 5.98. The molecular weight excluding hydrogens is 202 g/mol. The fourth-order valence-electron chi connectivity index (χ4n) is 1.50. The van der Waals surface area contributed by atoms with Gasteiger partial charge >= 0.3 is 0 Å². The van der Waals surface area contributed by atoms with Gasteiger partial charge in [0.15, 0.2) is 0 Å². The van der Waals surface area contributed by atoms with Crippen molar-refractivity contribution in [2.75, 3.05) is 17.6 Å². The van der Waals surface area contributed by atoms with E-state index in [-0.39, 0.29) is 0 Å². The summed E-state index contributed by atoms with van der Waals surface area (Å²) in [5.41, 5.74) is 8.79. The summed E-state index contributed by atoms with van der Waals surface area (Å²) in [5, 5.41) is 10.9. The van der Waals surface area contributed by atoms with E-state index in [2.05, 4.69) is 15.6 Å². The zero-order valence-corrected chi connectivity index (χ0v) is 9.22. The van der Waals surface area contributed by atoms with Crippen molar-refractivity contribution in [2.24, 2.45) is 0 Å². The predicted molar refractivity (Wildman–Crippen MR) is 64.1 cm³/mol. The zero-order chi connectivity index (χ0) is 11.4. The molecule has 5 heteroatoms. The van der Waals surface area contributed by atoms with Gasteiger partial charge in [-0.1, -0.05) is 11.3 Å². The summed E-state index contributed by atoms with van der Waals surface area (Å²) >= 11 is 0. The molecule has 0 unspecified atom stereocenters. The molecule has 0 aliphatic carbocycles. The first-order valence-electron chi connectivity index (χ1n) is 5.20. The minimum absolute atomic E-state index is 0.771. The molecule has 0 saturated heterocycles. The Labute approximate surface area is 94.3 Å². The molecule has 1 aromatic heterocycles. The van der Waals surface area contributed by atoms with Crippen LogP contribution in [0.5, 0.6) is 0 Å². The van der Waals surface area contributed by atoms with E-state index in [9.17, 15) is 0 Å². The highest BCUT2D eigenvalue weighted by atomic mass is 15.4. The molecule has 5 nitrogen and oxygen atoms in total. The minimum Gasteiger partial charge on any atom is -0.397 e. The molecule has 0 bridgehead atoms. The number of aryl methyl sites for hydroxylation is 1. The number of rotatable bonds is 4. The average Bonchev–Trinajstić information content (AvgIpc) is 2.74. The van der Waals surface area contributed by atoms with E-state index >= 15 is 0 Å². The molecule has 2 aromatic rings. The van der Waals surface area contributed by atoms with Crippen LogP contribution in [-0.2, 0) is 6.54 Å². The van der Waals surface area contributed by atoms with E-state index in [0.29, 0.717) is 0 Å². The van der Waals surface area contributed by atoms with Crippen LogP contribution in [0, 0.1) is 6.92 Å². The maximum atomic E-state index is 5.88. The lowest BCUT2D eigenvalue weighted by Crippen LogP contribution is -2.12. The average molecular weight is 217 g/mol. The molecule has 0 amide bonds. The van der Waals surface area contributed by atoms with Gasteiger partial charge in [-0.3, -0.25) is 4.68 Å². The topological polar surface area (TPSA) is 68.8 Å². The standard InChI is InChI=1S/C11H15N5/c1-9-2-3-11(10(12)8-9)13-4-6-16-7-5-14-15-16/h2-3,5,7-8,13H,4,6,12H2,1H3. The van der Waals surface area contributed by atoms with Gasteiger partial charge in [0.1, 0.15) is 0 Å². The molecule has 0 fully saturated rings. The maximum absolute atomic E-state index is 5.88. The summed E-state index contributed by atoms with van der Waals surface area (Å²) in [6.45, 7) is 3.57. The first-order chi connectivity index (χ1) is 7.75. The number of hydrogen-bond donors (Lipinski definition) is 2. The first-order valence-corrected chi connectivity index (χ1v) is 5.20. The number of anilines is 2. The summed E-state index contributed by atoms with van der Waals surface area (Å²) in [6.07, 6.45) is 3.50. The number of nitrogen functional groups attached to an aromatic ring is 1. The Morgan fingerprint density at radius 2 is 2.31 bits per heavy atom.